The van der Waals surface area contributed by atoms with Gasteiger partial charge in [-0.25, -0.2) is 14.8 Å². The largest absolute Gasteiger partial charge is 0.444 e. The van der Waals surface area contributed by atoms with Crippen LogP contribution in [0.4, 0.5) is 27.8 Å². The third kappa shape index (κ3) is 5.28. The Labute approximate surface area is 193 Å². The standard InChI is InChI=1S/C25H27N5O3/c1-4-29(24-26-17(2)14-18(3)27-24)21-12-10-19(11-13-21)28-25(32)33-22-15-23(31)30(16-22)20-8-6-5-7-9-20/h5-14,22H,4,15-16H2,1-3H3,(H,28,32). The van der Waals surface area contributed by atoms with E-state index in [-0.39, 0.29) is 12.3 Å². The second-order valence-electron chi connectivity index (χ2n) is 7.94. The van der Waals surface area contributed by atoms with Gasteiger partial charge in [0.2, 0.25) is 11.9 Å². The topological polar surface area (TPSA) is 87.7 Å². The lowest BCUT2D eigenvalue weighted by Crippen LogP contribution is -2.27. The van der Waals surface area contributed by atoms with Gasteiger partial charge in [0, 0.05) is 35.0 Å². The van der Waals surface area contributed by atoms with Crippen LogP contribution in [-0.2, 0) is 9.53 Å². The molecule has 0 radical (unpaired) electrons. The highest BCUT2D eigenvalue weighted by atomic mass is 16.6. The van der Waals surface area contributed by atoms with Crippen LogP contribution < -0.4 is 15.1 Å². The molecule has 0 spiro atoms. The number of aryl methyl sites for hydroxylation is 2. The molecule has 1 N–H and O–H groups in total. The summed E-state index contributed by atoms with van der Waals surface area (Å²) in [5, 5.41) is 2.74. The number of nitrogens with zero attached hydrogens (tertiary/aromatic N) is 4. The third-order valence-corrected chi connectivity index (χ3v) is 5.38. The number of rotatable bonds is 6. The van der Waals surface area contributed by atoms with Crippen LogP contribution in [0, 0.1) is 13.8 Å². The summed E-state index contributed by atoms with van der Waals surface area (Å²) >= 11 is 0. The lowest BCUT2D eigenvalue weighted by Gasteiger charge is -2.22. The Kier molecular flexibility index (Phi) is 6.53. The summed E-state index contributed by atoms with van der Waals surface area (Å²) in [6, 6.07) is 18.7. The van der Waals surface area contributed by atoms with E-state index in [4.69, 9.17) is 4.74 Å². The fraction of sp³-hybridized carbons (Fsp3) is 0.280. The number of hydrogen-bond donors (Lipinski definition) is 1. The average Bonchev–Trinajstić information content (AvgIpc) is 3.15. The van der Waals surface area contributed by atoms with Gasteiger partial charge in [-0.2, -0.15) is 0 Å². The van der Waals surface area contributed by atoms with Crippen LogP contribution >= 0.6 is 0 Å². The van der Waals surface area contributed by atoms with Gasteiger partial charge in [-0.3, -0.25) is 10.1 Å². The maximum absolute atomic E-state index is 12.4. The lowest BCUT2D eigenvalue weighted by molar-refractivity contribution is -0.117. The molecule has 8 nitrogen and oxygen atoms in total. The Balaban J connectivity index is 1.37. The van der Waals surface area contributed by atoms with E-state index in [9.17, 15) is 9.59 Å². The molecular formula is C25H27N5O3. The molecule has 1 aliphatic heterocycles. The summed E-state index contributed by atoms with van der Waals surface area (Å²) in [4.78, 5) is 37.4. The minimum absolute atomic E-state index is 0.0587. The zero-order valence-corrected chi connectivity index (χ0v) is 19.0. The number of carbonyl (C=O) groups is 2. The van der Waals surface area contributed by atoms with Crippen molar-refractivity contribution in [2.75, 3.05) is 28.2 Å². The molecule has 8 heteroatoms. The van der Waals surface area contributed by atoms with Crippen molar-refractivity contribution in [1.82, 2.24) is 9.97 Å². The number of ether oxygens (including phenoxy) is 1. The van der Waals surface area contributed by atoms with Crippen LogP contribution in [0.5, 0.6) is 0 Å². The van der Waals surface area contributed by atoms with Gasteiger partial charge in [0.15, 0.2) is 0 Å². The van der Waals surface area contributed by atoms with E-state index in [1.165, 1.54) is 0 Å². The molecule has 170 valence electrons. The van der Waals surface area contributed by atoms with E-state index in [0.717, 1.165) is 22.8 Å². The maximum Gasteiger partial charge on any atom is 0.411 e. The van der Waals surface area contributed by atoms with Gasteiger partial charge in [-0.05, 0) is 63.2 Å². The number of anilines is 4. The molecule has 1 aliphatic rings. The molecule has 0 bridgehead atoms. The summed E-state index contributed by atoms with van der Waals surface area (Å²) in [5.41, 5.74) is 4.14. The van der Waals surface area contributed by atoms with Gasteiger partial charge in [0.05, 0.1) is 13.0 Å². The van der Waals surface area contributed by atoms with Crippen LogP contribution in [-0.4, -0.2) is 41.2 Å². The molecule has 1 aromatic heterocycles. The molecule has 1 fully saturated rings. The van der Waals surface area contributed by atoms with E-state index < -0.39 is 12.2 Å². The molecule has 2 aromatic carbocycles. The summed E-state index contributed by atoms with van der Waals surface area (Å²) in [6.45, 7) is 6.97. The monoisotopic (exact) mass is 445 g/mol. The number of carbonyl (C=O) groups excluding carboxylic acids is 2. The van der Waals surface area contributed by atoms with Crippen LogP contribution in [0.15, 0.2) is 60.7 Å². The maximum atomic E-state index is 12.4. The van der Waals surface area contributed by atoms with Crippen molar-refractivity contribution in [3.05, 3.63) is 72.1 Å². The first-order chi connectivity index (χ1) is 15.9. The predicted molar refractivity (Wildman–Crippen MR) is 128 cm³/mol. The fourth-order valence-corrected chi connectivity index (χ4v) is 3.90. The summed E-state index contributed by atoms with van der Waals surface area (Å²) in [7, 11) is 0. The third-order valence-electron chi connectivity index (χ3n) is 5.38. The summed E-state index contributed by atoms with van der Waals surface area (Å²) in [5.74, 6) is 0.584. The number of amides is 2. The molecule has 33 heavy (non-hydrogen) atoms. The minimum Gasteiger partial charge on any atom is -0.444 e. The Bertz CT molecular complexity index is 1110. The molecule has 1 saturated heterocycles. The van der Waals surface area contributed by atoms with Gasteiger partial charge in [0.25, 0.3) is 0 Å². The van der Waals surface area contributed by atoms with E-state index in [1.807, 2.05) is 74.2 Å². The van der Waals surface area contributed by atoms with Gasteiger partial charge >= 0.3 is 6.09 Å². The van der Waals surface area contributed by atoms with Crippen LogP contribution in [0.25, 0.3) is 0 Å². The van der Waals surface area contributed by atoms with Crippen molar-refractivity contribution in [2.24, 2.45) is 0 Å². The first kappa shape index (κ1) is 22.3. The predicted octanol–water partition coefficient (Wildman–Crippen LogP) is 4.61. The van der Waals surface area contributed by atoms with E-state index in [2.05, 4.69) is 15.3 Å². The molecule has 1 unspecified atom stereocenters. The van der Waals surface area contributed by atoms with E-state index in [1.54, 1.807) is 17.0 Å². The average molecular weight is 446 g/mol. The van der Waals surface area contributed by atoms with E-state index in [0.29, 0.717) is 24.7 Å². The Morgan fingerprint density at radius 3 is 2.39 bits per heavy atom. The smallest absolute Gasteiger partial charge is 0.411 e. The minimum atomic E-state index is -0.583. The second-order valence-corrected chi connectivity index (χ2v) is 7.94. The number of aromatic nitrogens is 2. The van der Waals surface area contributed by atoms with Gasteiger partial charge in [-0.1, -0.05) is 18.2 Å². The Morgan fingerprint density at radius 1 is 1.09 bits per heavy atom. The molecular weight excluding hydrogens is 418 g/mol. The Hall–Kier alpha value is -3.94. The van der Waals surface area contributed by atoms with Crippen molar-refractivity contribution < 1.29 is 14.3 Å². The molecule has 4 rings (SSSR count). The quantitative estimate of drug-likeness (QED) is 0.596. The zero-order valence-electron chi connectivity index (χ0n) is 19.0. The number of benzene rings is 2. The molecule has 3 aromatic rings. The van der Waals surface area contributed by atoms with Crippen molar-refractivity contribution in [3.63, 3.8) is 0 Å². The van der Waals surface area contributed by atoms with E-state index >= 15 is 0 Å². The number of hydrogen-bond acceptors (Lipinski definition) is 6. The van der Waals surface area contributed by atoms with Crippen LogP contribution in [0.2, 0.25) is 0 Å². The Morgan fingerprint density at radius 2 is 1.76 bits per heavy atom. The fourth-order valence-electron chi connectivity index (χ4n) is 3.90. The molecule has 1 atom stereocenters. The van der Waals surface area contributed by atoms with Gasteiger partial charge < -0.3 is 14.5 Å². The normalized spacial score (nSPS) is 15.4. The van der Waals surface area contributed by atoms with Crippen molar-refractivity contribution in [2.45, 2.75) is 33.3 Å². The second kappa shape index (κ2) is 9.68. The molecule has 2 heterocycles. The number of nitrogens with one attached hydrogen (secondary N) is 1. The first-order valence-electron chi connectivity index (χ1n) is 11.0. The van der Waals surface area contributed by atoms with Crippen molar-refractivity contribution in [1.29, 1.82) is 0 Å². The first-order valence-corrected chi connectivity index (χ1v) is 11.0. The summed E-state index contributed by atoms with van der Waals surface area (Å²) in [6.07, 6.45) is -0.905. The van der Waals surface area contributed by atoms with Gasteiger partial charge in [0.1, 0.15) is 6.10 Å². The SMILES string of the molecule is CCN(c1ccc(NC(=O)OC2CC(=O)N(c3ccccc3)C2)cc1)c1nc(C)cc(C)n1. The molecule has 0 aliphatic carbocycles. The highest BCUT2D eigenvalue weighted by molar-refractivity contribution is 5.96. The zero-order chi connectivity index (χ0) is 23.4. The van der Waals surface area contributed by atoms with Crippen LogP contribution in [0.1, 0.15) is 24.7 Å². The highest BCUT2D eigenvalue weighted by Crippen LogP contribution is 2.25. The summed E-state index contributed by atoms with van der Waals surface area (Å²) < 4.78 is 5.49. The van der Waals surface area contributed by atoms with Crippen molar-refractivity contribution >= 4 is 35.0 Å². The lowest BCUT2D eigenvalue weighted by atomic mass is 10.2. The molecule has 2 amide bonds. The van der Waals surface area contributed by atoms with Crippen LogP contribution in [0.3, 0.4) is 0 Å². The van der Waals surface area contributed by atoms with Crippen molar-refractivity contribution in [3.8, 4) is 0 Å². The van der Waals surface area contributed by atoms with Gasteiger partial charge in [-0.15, -0.1) is 0 Å². The molecule has 0 saturated carbocycles. The number of para-hydroxylation sites is 1. The highest BCUT2D eigenvalue weighted by Gasteiger charge is 2.33.